The summed E-state index contributed by atoms with van der Waals surface area (Å²) in [5.41, 5.74) is 10.1. The summed E-state index contributed by atoms with van der Waals surface area (Å²) in [5, 5.41) is 7.48. The van der Waals surface area contributed by atoms with Crippen LogP contribution in [0.2, 0.25) is 0 Å². The molecule has 6 aromatic rings. The number of carbonyl (C=O) groups excluding carboxylic acids is 1. The maximum absolute atomic E-state index is 14.3. The average molecular weight is 673 g/mol. The van der Waals surface area contributed by atoms with E-state index in [1.54, 1.807) is 54.2 Å². The van der Waals surface area contributed by atoms with Crippen molar-refractivity contribution in [3.05, 3.63) is 118 Å². The van der Waals surface area contributed by atoms with Crippen molar-refractivity contribution in [1.82, 2.24) is 39.6 Å². The lowest BCUT2D eigenvalue weighted by Gasteiger charge is -2.20. The first-order valence-electron chi connectivity index (χ1n) is 15.0. The molecule has 4 heterocycles. The fourth-order valence-electron chi connectivity index (χ4n) is 5.14. The summed E-state index contributed by atoms with van der Waals surface area (Å²) in [5.74, 6) is 9.43. The van der Waals surface area contributed by atoms with Gasteiger partial charge in [0.05, 0.1) is 63.9 Å². The fraction of sp³-hybridized carbons (Fsp3) is 0.143. The highest BCUT2D eigenvalue weighted by Crippen LogP contribution is 2.23. The molecule has 1 unspecified atom stereocenters. The number of carbonyl (C=O) groups is 1. The number of rotatable bonds is 7. The Morgan fingerprint density at radius 3 is 2.49 bits per heavy atom. The molecule has 49 heavy (non-hydrogen) atoms. The number of aromatic nitrogens is 7. The highest BCUT2D eigenvalue weighted by Gasteiger charge is 2.23. The first-order valence-corrected chi connectivity index (χ1v) is 17.1. The number of nitrogens with one attached hydrogen (secondary N) is 2. The quantitative estimate of drug-likeness (QED) is 0.170. The van der Waals surface area contributed by atoms with Gasteiger partial charge in [-0.3, -0.25) is 23.8 Å². The summed E-state index contributed by atoms with van der Waals surface area (Å²) in [6.45, 7) is 3.64. The number of para-hydroxylation sites is 1. The molecule has 4 N–H and O–H groups in total. The highest BCUT2D eigenvalue weighted by atomic mass is 32.2. The van der Waals surface area contributed by atoms with Crippen LogP contribution in [0.25, 0.3) is 27.8 Å². The van der Waals surface area contributed by atoms with Crippen LogP contribution in [-0.2, 0) is 16.8 Å². The number of amides is 1. The van der Waals surface area contributed by atoms with Crippen LogP contribution in [0.1, 0.15) is 46.1 Å². The molecule has 246 valence electrons. The number of hydrogen-bond donors (Lipinski definition) is 3. The average Bonchev–Trinajstić information content (AvgIpc) is 3.39. The predicted molar refractivity (Wildman–Crippen MR) is 192 cm³/mol. The van der Waals surface area contributed by atoms with Crippen molar-refractivity contribution in [2.45, 2.75) is 19.9 Å². The number of nitrogens with two attached hydrogens (primary N) is 1. The van der Waals surface area contributed by atoms with Crippen LogP contribution < -0.4 is 21.3 Å². The third-order valence-corrected chi connectivity index (χ3v) is 8.29. The van der Waals surface area contributed by atoms with Gasteiger partial charge >= 0.3 is 0 Å². The number of fused-ring (bicyclic) bond motifs is 1. The Labute approximate surface area is 282 Å². The van der Waals surface area contributed by atoms with Crippen LogP contribution in [0.5, 0.6) is 0 Å². The minimum atomic E-state index is -2.55. The molecule has 4 aromatic heterocycles. The monoisotopic (exact) mass is 672 g/mol. The summed E-state index contributed by atoms with van der Waals surface area (Å²) >= 11 is 0. The molecule has 0 spiro atoms. The number of nitrogen functional groups attached to an aromatic ring is 1. The summed E-state index contributed by atoms with van der Waals surface area (Å²) in [6, 6.07) is 15.2. The molecule has 0 aliphatic rings. The zero-order valence-corrected chi connectivity index (χ0v) is 27.9. The van der Waals surface area contributed by atoms with Gasteiger partial charge in [0.15, 0.2) is 11.5 Å². The van der Waals surface area contributed by atoms with Gasteiger partial charge in [0, 0.05) is 40.3 Å². The minimum Gasteiger partial charge on any atom is -0.382 e. The lowest BCUT2D eigenvalue weighted by molar-refractivity contribution is 0.0933. The molecule has 2 atom stereocenters. The second-order valence-corrected chi connectivity index (χ2v) is 13.6. The van der Waals surface area contributed by atoms with Gasteiger partial charge in [-0.2, -0.15) is 5.10 Å². The molecule has 14 heteroatoms. The molecule has 6 rings (SSSR count). The number of aryl methyl sites for hydroxylation is 1. The molecule has 0 aliphatic carbocycles. The summed E-state index contributed by atoms with van der Waals surface area (Å²) in [4.78, 5) is 45.7. The SMILES string of the molecule is C=S(C)(=O)Nc1cncc(-c2cnc(N)c(C(=O)N[C@H](C)c3nc4cccc(C#Cc5cnn(C)c5C)c4c(=O)n3-c3ccccc3)n2)c1. The van der Waals surface area contributed by atoms with Gasteiger partial charge in [-0.05, 0) is 50.0 Å². The first kappa shape index (κ1) is 32.6. The molecule has 13 nitrogen and oxygen atoms in total. The second-order valence-electron chi connectivity index (χ2n) is 11.4. The normalized spacial score (nSPS) is 12.8. The standard InChI is InChI=1S/C35H32N10O3S/c1-21(40-34(46)31-32(36)38-20-29(41-31)25-16-26(19-37-17-25)43-49(4,5)48)33-42-28-13-9-10-23(14-15-24-18-39-44(3)22(24)2)30(28)35(47)45(33)27-11-7-6-8-12-27/h6-13,16-21H,4H2,1-3,5H3,(H2,36,38)(H,40,46)(H,43,48)/t21-,49?/m1/s1. The maximum Gasteiger partial charge on any atom is 0.274 e. The van der Waals surface area contributed by atoms with Crippen molar-refractivity contribution in [3.8, 4) is 28.8 Å². The van der Waals surface area contributed by atoms with E-state index in [0.29, 0.717) is 39.1 Å². The summed E-state index contributed by atoms with van der Waals surface area (Å²) in [7, 11) is -0.714. The Balaban J connectivity index is 1.39. The van der Waals surface area contributed by atoms with E-state index in [-0.39, 0.29) is 22.9 Å². The van der Waals surface area contributed by atoms with Crippen molar-refractivity contribution < 1.29 is 9.00 Å². The maximum atomic E-state index is 14.3. The molecule has 1 amide bonds. The van der Waals surface area contributed by atoms with E-state index < -0.39 is 21.7 Å². The van der Waals surface area contributed by atoms with Crippen LogP contribution in [-0.4, -0.2) is 56.5 Å². The lowest BCUT2D eigenvalue weighted by Crippen LogP contribution is -2.34. The van der Waals surface area contributed by atoms with Gasteiger partial charge < -0.3 is 15.8 Å². The molecular weight excluding hydrogens is 641 g/mol. The Kier molecular flexibility index (Phi) is 8.68. The van der Waals surface area contributed by atoms with Gasteiger partial charge in [-0.1, -0.05) is 36.1 Å². The van der Waals surface area contributed by atoms with E-state index in [4.69, 9.17) is 10.7 Å². The smallest absolute Gasteiger partial charge is 0.274 e. The zero-order valence-electron chi connectivity index (χ0n) is 27.1. The third kappa shape index (κ3) is 6.87. The van der Waals surface area contributed by atoms with Crippen LogP contribution >= 0.6 is 0 Å². The Morgan fingerprint density at radius 2 is 1.78 bits per heavy atom. The minimum absolute atomic E-state index is 0.0935. The van der Waals surface area contributed by atoms with E-state index in [1.165, 1.54) is 29.4 Å². The van der Waals surface area contributed by atoms with E-state index in [9.17, 15) is 13.8 Å². The Hall–Kier alpha value is -6.33. The van der Waals surface area contributed by atoms with Crippen molar-refractivity contribution in [2.24, 2.45) is 7.05 Å². The van der Waals surface area contributed by atoms with Crippen molar-refractivity contribution in [2.75, 3.05) is 16.7 Å². The molecular formula is C35H32N10O3S. The first-order chi connectivity index (χ1) is 23.4. The molecule has 0 bridgehead atoms. The summed E-state index contributed by atoms with van der Waals surface area (Å²) < 4.78 is 18.1. The molecule has 0 saturated carbocycles. The van der Waals surface area contributed by atoms with E-state index in [2.05, 4.69) is 47.8 Å². The van der Waals surface area contributed by atoms with Gasteiger partial charge in [0.1, 0.15) is 5.82 Å². The number of benzene rings is 2. The number of nitrogens with zero attached hydrogens (tertiary/aromatic N) is 7. The van der Waals surface area contributed by atoms with Gasteiger partial charge in [-0.25, -0.2) is 19.2 Å². The van der Waals surface area contributed by atoms with Gasteiger partial charge in [-0.15, -0.1) is 0 Å². The van der Waals surface area contributed by atoms with E-state index in [0.717, 1.165) is 11.3 Å². The molecule has 0 radical (unpaired) electrons. The van der Waals surface area contributed by atoms with Gasteiger partial charge in [0.2, 0.25) is 0 Å². The number of pyridine rings is 1. The van der Waals surface area contributed by atoms with Crippen LogP contribution in [0.3, 0.4) is 0 Å². The van der Waals surface area contributed by atoms with Crippen LogP contribution in [0.4, 0.5) is 11.5 Å². The Morgan fingerprint density at radius 1 is 1.02 bits per heavy atom. The topological polar surface area (TPSA) is 176 Å². The highest BCUT2D eigenvalue weighted by molar-refractivity contribution is 8.00. The largest absolute Gasteiger partial charge is 0.382 e. The van der Waals surface area contributed by atoms with Crippen molar-refractivity contribution in [3.63, 3.8) is 0 Å². The van der Waals surface area contributed by atoms with Crippen molar-refractivity contribution in [1.29, 1.82) is 0 Å². The molecule has 0 fully saturated rings. The molecule has 2 aromatic carbocycles. The molecule has 0 saturated heterocycles. The third-order valence-electron chi connectivity index (χ3n) is 7.62. The van der Waals surface area contributed by atoms with Crippen LogP contribution in [0, 0.1) is 18.8 Å². The van der Waals surface area contributed by atoms with E-state index >= 15 is 0 Å². The Bertz CT molecular complexity index is 2480. The number of hydrogen-bond acceptors (Lipinski definition) is 9. The molecule has 0 aliphatic heterocycles. The zero-order chi connectivity index (χ0) is 34.9. The van der Waals surface area contributed by atoms with Crippen LogP contribution in [0.15, 0.2) is 84.2 Å². The predicted octanol–water partition coefficient (Wildman–Crippen LogP) is 3.43. The van der Waals surface area contributed by atoms with Crippen molar-refractivity contribution >= 4 is 43.9 Å². The van der Waals surface area contributed by atoms with E-state index in [1.807, 2.05) is 32.2 Å². The van der Waals surface area contributed by atoms with Gasteiger partial charge in [0.25, 0.3) is 11.5 Å². The summed E-state index contributed by atoms with van der Waals surface area (Å²) in [6.07, 6.45) is 7.59. The fourth-order valence-corrected chi connectivity index (χ4v) is 5.75. The lowest BCUT2D eigenvalue weighted by atomic mass is 10.1. The number of anilines is 2. The second kappa shape index (κ2) is 13.1.